The summed E-state index contributed by atoms with van der Waals surface area (Å²) in [6.07, 6.45) is -3.20. The summed E-state index contributed by atoms with van der Waals surface area (Å²) in [7, 11) is 0. The van der Waals surface area contributed by atoms with Crippen molar-refractivity contribution in [3.05, 3.63) is 53.6 Å². The highest BCUT2D eigenvalue weighted by atomic mass is 32.1. The number of benzene rings is 1. The standard InChI is InChI=1S/C16H15F3N2O2S/c1-3-20-15-14(8-13(9-22)24-15)10(2)21-11-4-6-12(7-5-11)23-16(17,18)19/h3-8,20,22H,1,9H2,2H3. The van der Waals surface area contributed by atoms with Crippen LogP contribution in [0, 0.1) is 0 Å². The second-order valence-corrected chi connectivity index (χ2v) is 5.84. The molecule has 1 aromatic heterocycles. The lowest BCUT2D eigenvalue weighted by molar-refractivity contribution is -0.274. The average molecular weight is 356 g/mol. The van der Waals surface area contributed by atoms with E-state index in [-0.39, 0.29) is 12.4 Å². The number of thiophene rings is 1. The second kappa shape index (κ2) is 7.50. The van der Waals surface area contributed by atoms with Gasteiger partial charge in [0, 0.05) is 16.2 Å². The van der Waals surface area contributed by atoms with Crippen LogP contribution in [-0.2, 0) is 6.61 Å². The van der Waals surface area contributed by atoms with Gasteiger partial charge in [0.2, 0.25) is 0 Å². The van der Waals surface area contributed by atoms with E-state index < -0.39 is 6.36 Å². The van der Waals surface area contributed by atoms with Crippen molar-refractivity contribution >= 4 is 27.7 Å². The van der Waals surface area contributed by atoms with Crippen LogP contribution in [0.5, 0.6) is 5.75 Å². The zero-order valence-electron chi connectivity index (χ0n) is 12.7. The van der Waals surface area contributed by atoms with Crippen LogP contribution in [0.3, 0.4) is 0 Å². The number of aliphatic imine (C=N–C) groups is 1. The highest BCUT2D eigenvalue weighted by molar-refractivity contribution is 7.16. The third kappa shape index (κ3) is 4.84. The Kier molecular flexibility index (Phi) is 5.63. The molecule has 0 aliphatic carbocycles. The van der Waals surface area contributed by atoms with Crippen LogP contribution in [0.25, 0.3) is 0 Å². The summed E-state index contributed by atoms with van der Waals surface area (Å²) in [5, 5.41) is 13.0. The van der Waals surface area contributed by atoms with E-state index in [1.54, 1.807) is 13.0 Å². The van der Waals surface area contributed by atoms with Gasteiger partial charge in [0.25, 0.3) is 0 Å². The van der Waals surface area contributed by atoms with Crippen LogP contribution >= 0.6 is 11.3 Å². The molecule has 2 N–H and O–H groups in total. The Labute approximate surface area is 140 Å². The van der Waals surface area contributed by atoms with E-state index in [9.17, 15) is 18.3 Å². The molecule has 0 aliphatic rings. The van der Waals surface area contributed by atoms with Gasteiger partial charge in [-0.2, -0.15) is 0 Å². The summed E-state index contributed by atoms with van der Waals surface area (Å²) in [5.74, 6) is -0.300. The number of aliphatic hydroxyl groups excluding tert-OH is 1. The van der Waals surface area contributed by atoms with Crippen molar-refractivity contribution < 1.29 is 23.0 Å². The lowest BCUT2D eigenvalue weighted by Crippen LogP contribution is -2.16. The van der Waals surface area contributed by atoms with Crippen LogP contribution in [-0.4, -0.2) is 17.2 Å². The number of halogens is 3. The monoisotopic (exact) mass is 356 g/mol. The van der Waals surface area contributed by atoms with Crippen LogP contribution < -0.4 is 10.1 Å². The van der Waals surface area contributed by atoms with E-state index in [4.69, 9.17) is 0 Å². The number of aliphatic hydroxyl groups is 1. The highest BCUT2D eigenvalue weighted by Gasteiger charge is 2.30. The first-order valence-electron chi connectivity index (χ1n) is 6.85. The van der Waals surface area contributed by atoms with Crippen molar-refractivity contribution in [3.63, 3.8) is 0 Å². The van der Waals surface area contributed by atoms with Gasteiger partial charge in [-0.1, -0.05) is 6.58 Å². The molecule has 2 aromatic rings. The molecule has 0 unspecified atom stereocenters. The van der Waals surface area contributed by atoms with Gasteiger partial charge in [0.15, 0.2) is 0 Å². The molecule has 128 valence electrons. The molecule has 2 rings (SSSR count). The Morgan fingerprint density at radius 2 is 2.04 bits per heavy atom. The number of rotatable bonds is 6. The van der Waals surface area contributed by atoms with Crippen LogP contribution in [0.4, 0.5) is 23.9 Å². The summed E-state index contributed by atoms with van der Waals surface area (Å²) in [4.78, 5) is 5.15. The number of nitrogens with one attached hydrogen (secondary N) is 1. The van der Waals surface area contributed by atoms with Crippen molar-refractivity contribution in [3.8, 4) is 5.75 Å². The summed E-state index contributed by atoms with van der Waals surface area (Å²) >= 11 is 1.37. The van der Waals surface area contributed by atoms with Gasteiger partial charge in [0.05, 0.1) is 12.3 Å². The fourth-order valence-electron chi connectivity index (χ4n) is 1.96. The Hall–Kier alpha value is -2.32. The largest absolute Gasteiger partial charge is 0.573 e. The Morgan fingerprint density at radius 3 is 2.58 bits per heavy atom. The lowest BCUT2D eigenvalue weighted by Gasteiger charge is -2.08. The molecule has 0 amide bonds. The van der Waals surface area contributed by atoms with Crippen molar-refractivity contribution in [1.29, 1.82) is 0 Å². The maximum absolute atomic E-state index is 12.1. The first-order valence-corrected chi connectivity index (χ1v) is 7.66. The summed E-state index contributed by atoms with van der Waals surface area (Å²) in [6.45, 7) is 5.29. The molecule has 0 spiro atoms. The van der Waals surface area contributed by atoms with E-state index in [2.05, 4.69) is 21.6 Å². The van der Waals surface area contributed by atoms with Gasteiger partial charge < -0.3 is 15.2 Å². The predicted octanol–water partition coefficient (Wildman–Crippen LogP) is 4.84. The Balaban J connectivity index is 2.24. The van der Waals surface area contributed by atoms with Gasteiger partial charge in [-0.3, -0.25) is 4.99 Å². The first-order chi connectivity index (χ1) is 11.3. The van der Waals surface area contributed by atoms with E-state index in [0.29, 0.717) is 11.4 Å². The van der Waals surface area contributed by atoms with Gasteiger partial charge >= 0.3 is 6.36 Å². The van der Waals surface area contributed by atoms with Gasteiger partial charge in [-0.15, -0.1) is 24.5 Å². The van der Waals surface area contributed by atoms with Crippen molar-refractivity contribution in [2.75, 3.05) is 5.32 Å². The minimum Gasteiger partial charge on any atom is -0.406 e. The summed E-state index contributed by atoms with van der Waals surface area (Å²) in [6, 6.07) is 7.08. The first kappa shape index (κ1) is 18.0. The molecule has 0 radical (unpaired) electrons. The van der Waals surface area contributed by atoms with Crippen molar-refractivity contribution in [1.82, 2.24) is 0 Å². The normalized spacial score (nSPS) is 12.1. The quantitative estimate of drug-likeness (QED) is 0.729. The maximum Gasteiger partial charge on any atom is 0.573 e. The fraction of sp³-hybridized carbons (Fsp3) is 0.188. The molecular weight excluding hydrogens is 341 g/mol. The van der Waals surface area contributed by atoms with E-state index >= 15 is 0 Å². The SMILES string of the molecule is C=CNc1sc(CO)cc1C(C)=Nc1ccc(OC(F)(F)F)cc1. The molecule has 0 aliphatic heterocycles. The maximum atomic E-state index is 12.1. The number of hydrogen-bond donors (Lipinski definition) is 2. The fourth-order valence-corrected chi connectivity index (χ4v) is 2.93. The van der Waals surface area contributed by atoms with Gasteiger partial charge in [0.1, 0.15) is 10.8 Å². The molecule has 0 saturated heterocycles. The zero-order valence-corrected chi connectivity index (χ0v) is 13.5. The summed E-state index contributed by atoms with van der Waals surface area (Å²) < 4.78 is 40.2. The van der Waals surface area contributed by atoms with Crippen LogP contribution in [0.15, 0.2) is 48.1 Å². The van der Waals surface area contributed by atoms with Gasteiger partial charge in [-0.25, -0.2) is 0 Å². The summed E-state index contributed by atoms with van der Waals surface area (Å²) in [5.41, 5.74) is 1.93. The van der Waals surface area contributed by atoms with E-state index in [1.807, 2.05) is 0 Å². The van der Waals surface area contributed by atoms with E-state index in [1.165, 1.54) is 41.8 Å². The molecule has 0 saturated carbocycles. The van der Waals surface area contributed by atoms with Crippen LogP contribution in [0.2, 0.25) is 0 Å². The van der Waals surface area contributed by atoms with E-state index in [0.717, 1.165) is 15.4 Å². The lowest BCUT2D eigenvalue weighted by atomic mass is 10.2. The number of alkyl halides is 3. The molecule has 1 heterocycles. The molecule has 0 atom stereocenters. The predicted molar refractivity (Wildman–Crippen MR) is 89.1 cm³/mol. The molecule has 0 fully saturated rings. The molecule has 0 bridgehead atoms. The molecule has 8 heteroatoms. The number of nitrogens with zero attached hydrogens (tertiary/aromatic N) is 1. The minimum atomic E-state index is -4.72. The Morgan fingerprint density at radius 1 is 1.38 bits per heavy atom. The molecule has 24 heavy (non-hydrogen) atoms. The van der Waals surface area contributed by atoms with Crippen molar-refractivity contribution in [2.45, 2.75) is 19.9 Å². The molecule has 4 nitrogen and oxygen atoms in total. The van der Waals surface area contributed by atoms with Gasteiger partial charge in [-0.05, 0) is 43.5 Å². The smallest absolute Gasteiger partial charge is 0.406 e. The molecular formula is C16H15F3N2O2S. The zero-order chi connectivity index (χ0) is 17.7. The third-order valence-electron chi connectivity index (χ3n) is 2.93. The number of hydrogen-bond acceptors (Lipinski definition) is 5. The minimum absolute atomic E-state index is 0.0900. The van der Waals surface area contributed by atoms with Crippen molar-refractivity contribution in [2.24, 2.45) is 4.99 Å². The number of ether oxygens (including phenoxy) is 1. The average Bonchev–Trinajstić information content (AvgIpc) is 2.91. The number of anilines is 1. The third-order valence-corrected chi connectivity index (χ3v) is 3.98. The Bertz CT molecular complexity index is 737. The van der Waals surface area contributed by atoms with Crippen LogP contribution in [0.1, 0.15) is 17.4 Å². The second-order valence-electron chi connectivity index (χ2n) is 4.70. The molecule has 1 aromatic carbocycles. The highest BCUT2D eigenvalue weighted by Crippen LogP contribution is 2.30. The topological polar surface area (TPSA) is 53.8 Å².